The van der Waals surface area contributed by atoms with E-state index in [1.807, 2.05) is 0 Å². The van der Waals surface area contributed by atoms with E-state index in [-0.39, 0.29) is 38.4 Å². The average Bonchev–Trinajstić information content (AvgIpc) is 1.59. The monoisotopic (exact) mass is 180 g/mol. The van der Waals surface area contributed by atoms with Gasteiger partial charge in [-0.15, -0.1) is 0 Å². The molecule has 0 saturated carbocycles. The number of rotatable bonds is 0. The van der Waals surface area contributed by atoms with Crippen molar-refractivity contribution in [3.05, 3.63) is 0 Å². The minimum Gasteiger partial charge on any atom is -0.250 e. The summed E-state index contributed by atoms with van der Waals surface area (Å²) in [5.74, 6) is 0. The fraction of sp³-hybridized carbons (Fsp3) is 1.00. The van der Waals surface area contributed by atoms with Crippen LogP contribution >= 0.6 is 0 Å². The maximum absolute atomic E-state index is 2.44. The van der Waals surface area contributed by atoms with Crippen molar-refractivity contribution in [2.24, 2.45) is 0 Å². The van der Waals surface area contributed by atoms with Crippen LogP contribution in [0.4, 0.5) is 0 Å². The summed E-state index contributed by atoms with van der Waals surface area (Å²) in [6, 6.07) is 0. The Balaban J connectivity index is 0. The van der Waals surface area contributed by atoms with Crippen molar-refractivity contribution >= 4 is 8.80 Å². The van der Waals surface area contributed by atoms with E-state index in [0.717, 1.165) is 0 Å². The number of hydrogen-bond donors (Lipinski definition) is 0. The van der Waals surface area contributed by atoms with Crippen LogP contribution in [0.2, 0.25) is 16.6 Å². The molecule has 0 aromatic carbocycles. The first-order valence-electron chi connectivity index (χ1n) is 4.00. The smallest absolute Gasteiger partial charge is 0.250 e. The molecule has 2 heteroatoms. The first-order valence-corrected chi connectivity index (χ1v) is 6.00. The largest absolute Gasteiger partial charge is 1.00 e. The maximum atomic E-state index is 2.44. The molecule has 0 fully saturated rings. The Kier molecular flexibility index (Phi) is 5.96. The molecule has 0 amide bonds. The molecule has 0 N–H and O–H groups in total. The molecule has 0 unspecified atom stereocenters. The van der Waals surface area contributed by atoms with E-state index in [0.29, 0.717) is 10.1 Å². The van der Waals surface area contributed by atoms with E-state index in [9.17, 15) is 0 Å². The molecule has 0 aromatic heterocycles. The topological polar surface area (TPSA) is 0 Å². The Bertz CT molecular complexity index is 93.7. The van der Waals surface area contributed by atoms with Gasteiger partial charge in [-0.2, -0.15) is 16.6 Å². The summed E-state index contributed by atoms with van der Waals surface area (Å²) in [6.45, 7) is 16.6. The summed E-state index contributed by atoms with van der Waals surface area (Å²) in [5.41, 5.74) is 0. The second-order valence-corrected chi connectivity index (χ2v) is 9.38. The Morgan fingerprint density at radius 1 is 0.727 bits per heavy atom. The van der Waals surface area contributed by atoms with Gasteiger partial charge in [-0.05, 0) is 0 Å². The molecule has 0 aliphatic carbocycles. The predicted octanol–water partition coefficient (Wildman–Crippen LogP) is 0.715. The molecule has 0 atom stereocenters. The van der Waals surface area contributed by atoms with E-state index in [1.165, 1.54) is 0 Å². The van der Waals surface area contributed by atoms with Gasteiger partial charge in [0.05, 0.1) is 0 Å². The molecule has 0 aliphatic rings. The summed E-state index contributed by atoms with van der Waals surface area (Å²) >= 11 is 0. The van der Waals surface area contributed by atoms with Crippen LogP contribution in [0.15, 0.2) is 0 Å². The molecular formula is C9H21NaSi. The molecule has 0 heterocycles. The van der Waals surface area contributed by atoms with Gasteiger partial charge in [0.2, 0.25) is 0 Å². The summed E-state index contributed by atoms with van der Waals surface area (Å²) in [7, 11) is -0.221. The molecule has 0 nitrogen and oxygen atoms in total. The zero-order chi connectivity index (χ0) is 8.58. The van der Waals surface area contributed by atoms with E-state index in [1.54, 1.807) is 0 Å². The van der Waals surface area contributed by atoms with Crippen LogP contribution in [0.25, 0.3) is 0 Å². The molecule has 62 valence electrons. The third-order valence-corrected chi connectivity index (χ3v) is 6.75. The van der Waals surface area contributed by atoms with Crippen molar-refractivity contribution in [3.8, 4) is 0 Å². The van der Waals surface area contributed by atoms with Crippen molar-refractivity contribution in [2.75, 3.05) is 0 Å². The van der Waals surface area contributed by atoms with E-state index < -0.39 is 0 Å². The van der Waals surface area contributed by atoms with Gasteiger partial charge >= 0.3 is 29.6 Å². The third kappa shape index (κ3) is 5.45. The molecule has 0 rings (SSSR count). The summed E-state index contributed by atoms with van der Waals surface area (Å²) in [5, 5.41) is 1.09. The molecule has 0 bridgehead atoms. The molecule has 0 saturated heterocycles. The molecule has 0 radical (unpaired) electrons. The van der Waals surface area contributed by atoms with Crippen LogP contribution in [0.3, 0.4) is 0 Å². The van der Waals surface area contributed by atoms with Gasteiger partial charge in [-0.3, -0.25) is 0 Å². The number of hydrogen-bond acceptors (Lipinski definition) is 0. The maximum Gasteiger partial charge on any atom is 1.00 e. The van der Waals surface area contributed by atoms with Crippen molar-refractivity contribution < 1.29 is 29.6 Å². The Morgan fingerprint density at radius 2 is 0.909 bits per heavy atom. The average molecular weight is 180 g/mol. The third-order valence-electron chi connectivity index (χ3n) is 2.25. The van der Waals surface area contributed by atoms with Crippen molar-refractivity contribution in [1.29, 1.82) is 0 Å². The first-order chi connectivity index (χ1) is 4.15. The van der Waals surface area contributed by atoms with Gasteiger partial charge in [0.15, 0.2) is 0 Å². The van der Waals surface area contributed by atoms with Crippen molar-refractivity contribution in [3.63, 3.8) is 0 Å². The Morgan fingerprint density at radius 3 is 0.909 bits per heavy atom. The van der Waals surface area contributed by atoms with E-state index in [4.69, 9.17) is 0 Å². The van der Waals surface area contributed by atoms with Crippen LogP contribution in [0, 0.1) is 0 Å². The molecule has 0 spiro atoms. The van der Waals surface area contributed by atoms with E-state index >= 15 is 0 Å². The van der Waals surface area contributed by atoms with Crippen LogP contribution in [-0.4, -0.2) is 8.80 Å². The quantitative estimate of drug-likeness (QED) is 0.482. The molecular weight excluding hydrogens is 159 g/mol. The zero-order valence-corrected chi connectivity index (χ0v) is 12.5. The fourth-order valence-electron chi connectivity index (χ4n) is 1.12. The van der Waals surface area contributed by atoms with Crippen molar-refractivity contribution in [1.82, 2.24) is 0 Å². The Hall–Kier alpha value is 1.22. The van der Waals surface area contributed by atoms with Gasteiger partial charge in [-0.25, -0.2) is 8.80 Å². The van der Waals surface area contributed by atoms with Gasteiger partial charge in [0.1, 0.15) is 0 Å². The predicted molar refractivity (Wildman–Crippen MR) is 51.0 cm³/mol. The molecule has 0 aliphatic heterocycles. The van der Waals surface area contributed by atoms with Crippen LogP contribution < -0.4 is 29.6 Å². The van der Waals surface area contributed by atoms with Crippen LogP contribution in [-0.2, 0) is 0 Å². The molecule has 11 heavy (non-hydrogen) atoms. The minimum atomic E-state index is -0.221. The second-order valence-electron chi connectivity index (χ2n) is 5.12. The normalized spacial score (nSPS) is 13.1. The van der Waals surface area contributed by atoms with E-state index in [2.05, 4.69) is 48.1 Å². The van der Waals surface area contributed by atoms with Crippen LogP contribution in [0.1, 0.15) is 41.5 Å². The fourth-order valence-corrected chi connectivity index (χ4v) is 3.38. The van der Waals surface area contributed by atoms with Crippen molar-refractivity contribution in [2.45, 2.75) is 58.2 Å². The van der Waals surface area contributed by atoms with Gasteiger partial charge < -0.3 is 0 Å². The molecule has 0 aromatic rings. The second kappa shape index (κ2) is 4.45. The minimum absolute atomic E-state index is 0. The van der Waals surface area contributed by atoms with Gasteiger partial charge in [0.25, 0.3) is 0 Å². The SMILES string of the molecule is C[Si-](C(C)(C)C)C(C)(C)C.[Na+]. The Labute approximate surface area is 96.0 Å². The summed E-state index contributed by atoms with van der Waals surface area (Å²) < 4.78 is 0. The summed E-state index contributed by atoms with van der Waals surface area (Å²) in [4.78, 5) is 0. The summed E-state index contributed by atoms with van der Waals surface area (Å²) in [6.07, 6.45) is 0. The standard InChI is InChI=1S/C9H21Si.Na/c1-8(2,3)10(7)9(4,5)6;/h1-7H3;/q-1;+1. The zero-order valence-electron chi connectivity index (χ0n) is 9.50. The van der Waals surface area contributed by atoms with Crippen LogP contribution in [0.5, 0.6) is 0 Å². The van der Waals surface area contributed by atoms with Gasteiger partial charge in [0, 0.05) is 0 Å². The first kappa shape index (κ1) is 14.7. The van der Waals surface area contributed by atoms with Gasteiger partial charge in [-0.1, -0.05) is 41.5 Å².